The van der Waals surface area contributed by atoms with E-state index in [1.54, 1.807) is 6.07 Å². The van der Waals surface area contributed by atoms with Gasteiger partial charge in [-0.15, -0.1) is 0 Å². The van der Waals surface area contributed by atoms with Crippen LogP contribution in [0.5, 0.6) is 0 Å². The van der Waals surface area contributed by atoms with Crippen LogP contribution in [0.4, 0.5) is 5.82 Å². The van der Waals surface area contributed by atoms with Gasteiger partial charge in [-0.05, 0) is 5.56 Å². The Kier molecular flexibility index (Phi) is 3.25. The lowest BCUT2D eigenvalue weighted by Gasteiger charge is -2.06. The number of H-pyrrole nitrogens is 2. The number of nitriles is 1. The van der Waals surface area contributed by atoms with Gasteiger partial charge < -0.3 is 5.32 Å². The molecule has 0 aliphatic carbocycles. The largest absolute Gasteiger partial charge is 0.366 e. The van der Waals surface area contributed by atoms with Crippen molar-refractivity contribution < 1.29 is 0 Å². The first kappa shape index (κ1) is 11.7. The Labute approximate surface area is 102 Å². The van der Waals surface area contributed by atoms with Crippen LogP contribution in [-0.4, -0.2) is 9.97 Å². The van der Waals surface area contributed by atoms with Gasteiger partial charge in [-0.25, -0.2) is 4.79 Å². The van der Waals surface area contributed by atoms with Crippen molar-refractivity contribution in [3.8, 4) is 6.07 Å². The van der Waals surface area contributed by atoms with Crippen LogP contribution in [0, 0.1) is 11.3 Å². The normalized spacial score (nSPS) is 9.72. The molecule has 0 saturated carbocycles. The SMILES string of the molecule is N#Cc1c(NCc2ccccc2)[nH]c(=O)[nH]c1=O. The third-order valence-electron chi connectivity index (χ3n) is 2.37. The Morgan fingerprint density at radius 2 is 1.89 bits per heavy atom. The molecule has 3 N–H and O–H groups in total. The number of hydrogen-bond acceptors (Lipinski definition) is 4. The van der Waals surface area contributed by atoms with Gasteiger partial charge in [0, 0.05) is 6.54 Å². The molecule has 1 aromatic carbocycles. The van der Waals surface area contributed by atoms with E-state index in [9.17, 15) is 9.59 Å². The smallest absolute Gasteiger partial charge is 0.327 e. The summed E-state index contributed by atoms with van der Waals surface area (Å²) in [7, 11) is 0. The van der Waals surface area contributed by atoms with Gasteiger partial charge in [0.15, 0.2) is 5.56 Å². The zero-order valence-electron chi connectivity index (χ0n) is 9.36. The molecule has 6 nitrogen and oxygen atoms in total. The molecule has 0 amide bonds. The lowest BCUT2D eigenvalue weighted by molar-refractivity contribution is 0.999. The van der Waals surface area contributed by atoms with Crippen LogP contribution in [0.25, 0.3) is 0 Å². The molecule has 0 unspecified atom stereocenters. The van der Waals surface area contributed by atoms with Gasteiger partial charge in [-0.3, -0.25) is 14.8 Å². The van der Waals surface area contributed by atoms with Gasteiger partial charge >= 0.3 is 5.69 Å². The number of hydrogen-bond donors (Lipinski definition) is 3. The Bertz CT molecular complexity index is 694. The van der Waals surface area contributed by atoms with Crippen molar-refractivity contribution in [3.63, 3.8) is 0 Å². The Morgan fingerprint density at radius 3 is 2.56 bits per heavy atom. The topological polar surface area (TPSA) is 102 Å². The predicted octanol–water partition coefficient (Wildman–Crippen LogP) is 0.547. The summed E-state index contributed by atoms with van der Waals surface area (Å²) in [6.07, 6.45) is 0. The molecule has 1 aromatic heterocycles. The van der Waals surface area contributed by atoms with Gasteiger partial charge in [0.1, 0.15) is 11.9 Å². The minimum absolute atomic E-state index is 0.134. The average molecular weight is 242 g/mol. The van der Waals surface area contributed by atoms with Gasteiger partial charge in [0.05, 0.1) is 0 Å². The third kappa shape index (κ3) is 2.47. The van der Waals surface area contributed by atoms with E-state index in [1.807, 2.05) is 35.3 Å². The van der Waals surface area contributed by atoms with Crippen molar-refractivity contribution in [2.24, 2.45) is 0 Å². The number of benzene rings is 1. The molecular formula is C12H10N4O2. The number of nitrogens with one attached hydrogen (secondary N) is 3. The van der Waals surface area contributed by atoms with Gasteiger partial charge in [0.25, 0.3) is 5.56 Å². The fraction of sp³-hybridized carbons (Fsp3) is 0.0833. The number of anilines is 1. The second kappa shape index (κ2) is 5.01. The molecule has 2 aromatic rings. The van der Waals surface area contributed by atoms with Crippen LogP contribution in [0.1, 0.15) is 11.1 Å². The predicted molar refractivity (Wildman–Crippen MR) is 66.2 cm³/mol. The van der Waals surface area contributed by atoms with Gasteiger partial charge in [-0.1, -0.05) is 30.3 Å². The van der Waals surface area contributed by atoms with Crippen molar-refractivity contribution in [3.05, 3.63) is 62.3 Å². The summed E-state index contributed by atoms with van der Waals surface area (Å²) in [4.78, 5) is 26.9. The van der Waals surface area contributed by atoms with Crippen LogP contribution in [-0.2, 0) is 6.54 Å². The third-order valence-corrected chi connectivity index (χ3v) is 2.37. The van der Waals surface area contributed by atoms with Crippen molar-refractivity contribution in [1.29, 1.82) is 5.26 Å². The molecule has 2 rings (SSSR count). The van der Waals surface area contributed by atoms with Gasteiger partial charge in [-0.2, -0.15) is 5.26 Å². The maximum atomic E-state index is 11.4. The van der Waals surface area contributed by atoms with E-state index in [1.165, 1.54) is 0 Å². The second-order valence-electron chi connectivity index (χ2n) is 3.61. The number of rotatable bonds is 3. The van der Waals surface area contributed by atoms with E-state index >= 15 is 0 Å². The maximum Gasteiger partial charge on any atom is 0.327 e. The first-order chi connectivity index (χ1) is 8.70. The second-order valence-corrected chi connectivity index (χ2v) is 3.61. The minimum atomic E-state index is -0.697. The number of nitrogens with zero attached hydrogens (tertiary/aromatic N) is 1. The zero-order chi connectivity index (χ0) is 13.0. The van der Waals surface area contributed by atoms with Crippen molar-refractivity contribution in [2.45, 2.75) is 6.54 Å². The van der Waals surface area contributed by atoms with Gasteiger partial charge in [0.2, 0.25) is 0 Å². The summed E-state index contributed by atoms with van der Waals surface area (Å²) in [6.45, 7) is 0.412. The molecule has 0 bridgehead atoms. The van der Waals surface area contributed by atoms with E-state index in [0.29, 0.717) is 6.54 Å². The summed E-state index contributed by atoms with van der Waals surface area (Å²) in [5.41, 5.74) is -0.501. The summed E-state index contributed by atoms with van der Waals surface area (Å²) in [5.74, 6) is 0.134. The summed E-state index contributed by atoms with van der Waals surface area (Å²) >= 11 is 0. The molecule has 0 radical (unpaired) electrons. The summed E-state index contributed by atoms with van der Waals surface area (Å²) in [6, 6.07) is 11.2. The molecule has 0 spiro atoms. The van der Waals surface area contributed by atoms with E-state index in [-0.39, 0.29) is 11.4 Å². The molecule has 0 saturated heterocycles. The highest BCUT2D eigenvalue weighted by molar-refractivity contribution is 5.50. The average Bonchev–Trinajstić information content (AvgIpc) is 2.37. The maximum absolute atomic E-state index is 11.4. The van der Waals surface area contributed by atoms with Crippen molar-refractivity contribution in [2.75, 3.05) is 5.32 Å². The fourth-order valence-electron chi connectivity index (χ4n) is 1.51. The molecule has 0 fully saturated rings. The highest BCUT2D eigenvalue weighted by Gasteiger charge is 2.07. The van der Waals surface area contributed by atoms with Crippen LogP contribution >= 0.6 is 0 Å². The van der Waals surface area contributed by atoms with E-state index < -0.39 is 11.2 Å². The minimum Gasteiger partial charge on any atom is -0.366 e. The molecule has 18 heavy (non-hydrogen) atoms. The first-order valence-corrected chi connectivity index (χ1v) is 5.25. The standard InChI is InChI=1S/C12H10N4O2/c13-6-9-10(15-12(18)16-11(9)17)14-7-8-4-2-1-3-5-8/h1-5H,7H2,(H3,14,15,16,17,18). The fourth-order valence-corrected chi connectivity index (χ4v) is 1.51. The van der Waals surface area contributed by atoms with Crippen molar-refractivity contribution in [1.82, 2.24) is 9.97 Å². The molecule has 0 atom stereocenters. The highest BCUT2D eigenvalue weighted by Crippen LogP contribution is 2.06. The Balaban J connectivity index is 2.28. The lowest BCUT2D eigenvalue weighted by atomic mass is 10.2. The lowest BCUT2D eigenvalue weighted by Crippen LogP contribution is -2.26. The quantitative estimate of drug-likeness (QED) is 0.731. The van der Waals surface area contributed by atoms with E-state index in [0.717, 1.165) is 5.56 Å². The van der Waals surface area contributed by atoms with E-state index in [2.05, 4.69) is 10.3 Å². The summed E-state index contributed by atoms with van der Waals surface area (Å²) in [5, 5.41) is 11.7. The molecule has 1 heterocycles. The Hall–Kier alpha value is -2.81. The molecule has 0 aliphatic heterocycles. The number of aromatic amines is 2. The van der Waals surface area contributed by atoms with Crippen LogP contribution in [0.3, 0.4) is 0 Å². The number of aromatic nitrogens is 2. The Morgan fingerprint density at radius 1 is 1.17 bits per heavy atom. The molecule has 6 heteroatoms. The van der Waals surface area contributed by atoms with Crippen molar-refractivity contribution >= 4 is 5.82 Å². The monoisotopic (exact) mass is 242 g/mol. The molecular weight excluding hydrogens is 232 g/mol. The van der Waals surface area contributed by atoms with Crippen LogP contribution < -0.4 is 16.6 Å². The van der Waals surface area contributed by atoms with E-state index in [4.69, 9.17) is 5.26 Å². The first-order valence-electron chi connectivity index (χ1n) is 5.25. The molecule has 90 valence electrons. The highest BCUT2D eigenvalue weighted by atomic mass is 16.2. The summed E-state index contributed by atoms with van der Waals surface area (Å²) < 4.78 is 0. The van der Waals surface area contributed by atoms with Crippen LogP contribution in [0.2, 0.25) is 0 Å². The zero-order valence-corrected chi connectivity index (χ0v) is 9.36. The molecule has 0 aliphatic rings. The van der Waals surface area contributed by atoms with Crippen LogP contribution in [0.15, 0.2) is 39.9 Å².